The molecule has 2 atom stereocenters. The first-order valence-electron chi connectivity index (χ1n) is 6.91. The van der Waals surface area contributed by atoms with Gasteiger partial charge in [-0.15, -0.1) is 4.94 Å². The molecule has 154 valence electrons. The lowest BCUT2D eigenvalue weighted by atomic mass is 10.5. The molecule has 2 aliphatic rings. The van der Waals surface area contributed by atoms with Gasteiger partial charge in [-0.2, -0.15) is 13.7 Å². The number of hydrogen-bond acceptors (Lipinski definition) is 6. The van der Waals surface area contributed by atoms with Crippen LogP contribution in [0, 0.1) is 0 Å². The Balaban J connectivity index is 0. The number of hydrogen-bond donors (Lipinski definition) is 0. The molecule has 2 rings (SSSR count). The standard InChI is InChI=1S/C6H11FO2.C4H7FO2.CHF3O.CH2F2O/c7-2-1-3-8-4-6-5-9-6;5-3-6-1-4-2-7-4;2-1(3)5-4;2-1-4-3/h6H,1-5H2;4H,1-3H2;1H;1H2. The highest BCUT2D eigenvalue weighted by atomic mass is 19.4. The topological polar surface area (TPSA) is 62.0 Å². The van der Waals surface area contributed by atoms with Crippen molar-refractivity contribution >= 4 is 0 Å². The summed E-state index contributed by atoms with van der Waals surface area (Å²) in [6.07, 6.45) is 1.01. The Bertz CT molecular complexity index is 246. The molecule has 0 bridgehead atoms. The summed E-state index contributed by atoms with van der Waals surface area (Å²) in [7, 11) is 0. The second-order valence-electron chi connectivity index (χ2n) is 4.08. The van der Waals surface area contributed by atoms with Crippen LogP contribution in [0.15, 0.2) is 0 Å². The Kier molecular flexibility index (Phi) is 22.6. The summed E-state index contributed by atoms with van der Waals surface area (Å²) in [6.45, 7) is -2.48. The van der Waals surface area contributed by atoms with Gasteiger partial charge in [0.05, 0.1) is 33.1 Å². The Morgan fingerprint density at radius 2 is 1.32 bits per heavy atom. The number of ether oxygens (including phenoxy) is 4. The van der Waals surface area contributed by atoms with Crippen LogP contribution < -0.4 is 0 Å². The molecule has 0 aliphatic carbocycles. The maximum atomic E-state index is 11.4. The maximum Gasteiger partial charge on any atom is 0.376 e. The van der Waals surface area contributed by atoms with E-state index in [0.29, 0.717) is 32.3 Å². The molecule has 0 N–H and O–H groups in total. The number of alkyl halides is 5. The molecule has 0 radical (unpaired) electrons. The van der Waals surface area contributed by atoms with Crippen molar-refractivity contribution in [2.75, 3.05) is 53.4 Å². The fourth-order valence-corrected chi connectivity index (χ4v) is 0.876. The first-order chi connectivity index (χ1) is 12.0. The summed E-state index contributed by atoms with van der Waals surface area (Å²) in [4.78, 5) is 4.29. The molecule has 0 aromatic rings. The second kappa shape index (κ2) is 21.3. The highest BCUT2D eigenvalue weighted by Crippen LogP contribution is 2.08. The molecule has 6 nitrogen and oxygen atoms in total. The smallest absolute Gasteiger partial charge is 0.376 e. The van der Waals surface area contributed by atoms with E-state index in [1.54, 1.807) is 0 Å². The fourth-order valence-electron chi connectivity index (χ4n) is 0.876. The average Bonchev–Trinajstić information content (AvgIpc) is 3.53. The zero-order valence-electron chi connectivity index (χ0n) is 13.2. The molecule has 25 heavy (non-hydrogen) atoms. The van der Waals surface area contributed by atoms with Gasteiger partial charge in [0.15, 0.2) is 6.86 Å². The molecular formula is C12H21F7O6. The van der Waals surface area contributed by atoms with Gasteiger partial charge in [-0.1, -0.05) is 0 Å². The normalized spacial score (nSPS) is 19.7. The first-order valence-corrected chi connectivity index (χ1v) is 6.91. The van der Waals surface area contributed by atoms with E-state index in [-0.39, 0.29) is 12.8 Å². The molecule has 2 aliphatic heterocycles. The molecular weight excluding hydrogens is 373 g/mol. The molecule has 0 amide bonds. The highest BCUT2D eigenvalue weighted by molar-refractivity contribution is 4.67. The predicted molar refractivity (Wildman–Crippen MR) is 69.2 cm³/mol. The lowest BCUT2D eigenvalue weighted by molar-refractivity contribution is -0.276. The maximum absolute atomic E-state index is 11.4. The summed E-state index contributed by atoms with van der Waals surface area (Å²) in [6, 6.07) is 0. The van der Waals surface area contributed by atoms with Crippen LogP contribution in [0.1, 0.15) is 6.42 Å². The summed E-state index contributed by atoms with van der Waals surface area (Å²) >= 11 is 0. The molecule has 13 heteroatoms. The minimum Gasteiger partial charge on any atom is -0.379 e. The van der Waals surface area contributed by atoms with Gasteiger partial charge < -0.3 is 18.9 Å². The van der Waals surface area contributed by atoms with E-state index in [0.717, 1.165) is 13.2 Å². The Hall–Kier alpha value is -0.730. The van der Waals surface area contributed by atoms with Crippen molar-refractivity contribution in [2.45, 2.75) is 25.2 Å². The van der Waals surface area contributed by atoms with E-state index in [1.807, 2.05) is 4.94 Å². The number of halogens is 7. The van der Waals surface area contributed by atoms with Crippen molar-refractivity contribution in [3.63, 3.8) is 0 Å². The Morgan fingerprint density at radius 1 is 0.880 bits per heavy atom. The fraction of sp³-hybridized carbons (Fsp3) is 1.00. The molecule has 0 spiro atoms. The number of rotatable bonds is 10. The van der Waals surface area contributed by atoms with Crippen molar-refractivity contribution < 1.29 is 59.8 Å². The summed E-state index contributed by atoms with van der Waals surface area (Å²) in [5.74, 6) is 0. The van der Waals surface area contributed by atoms with Crippen molar-refractivity contribution in [3.8, 4) is 0 Å². The van der Waals surface area contributed by atoms with Gasteiger partial charge in [0.1, 0.15) is 12.2 Å². The summed E-state index contributed by atoms with van der Waals surface area (Å²) < 4.78 is 91.7. The molecule has 0 saturated carbocycles. The molecule has 2 saturated heterocycles. The van der Waals surface area contributed by atoms with Crippen LogP contribution in [-0.2, 0) is 28.8 Å². The largest absolute Gasteiger partial charge is 0.379 e. The molecule has 0 aromatic heterocycles. The van der Waals surface area contributed by atoms with Crippen LogP contribution in [0.5, 0.6) is 0 Å². The van der Waals surface area contributed by atoms with Crippen molar-refractivity contribution in [1.29, 1.82) is 0 Å². The van der Waals surface area contributed by atoms with Crippen LogP contribution >= 0.6 is 0 Å². The van der Waals surface area contributed by atoms with Gasteiger partial charge in [0, 0.05) is 6.61 Å². The quantitative estimate of drug-likeness (QED) is 0.323. The molecule has 2 fully saturated rings. The zero-order chi connectivity index (χ0) is 19.3. The van der Waals surface area contributed by atoms with E-state index in [4.69, 9.17) is 14.2 Å². The van der Waals surface area contributed by atoms with Crippen LogP contribution in [0.25, 0.3) is 0 Å². The van der Waals surface area contributed by atoms with Crippen LogP contribution in [0.2, 0.25) is 0 Å². The van der Waals surface area contributed by atoms with Gasteiger partial charge in [-0.05, 0) is 15.5 Å². The van der Waals surface area contributed by atoms with Gasteiger partial charge in [-0.25, -0.2) is 8.78 Å². The van der Waals surface area contributed by atoms with Gasteiger partial charge in [-0.3, -0.25) is 4.39 Å². The zero-order valence-corrected chi connectivity index (χ0v) is 13.2. The predicted octanol–water partition coefficient (Wildman–Crippen LogP) is 3.01. The SMILES string of the molecule is FCCCOCC1CO1.FCOCC1CO1.FCOF.FOC(F)F. The highest BCUT2D eigenvalue weighted by Gasteiger charge is 2.22. The van der Waals surface area contributed by atoms with Crippen LogP contribution in [0.4, 0.5) is 31.0 Å². The molecule has 2 heterocycles. The monoisotopic (exact) mass is 394 g/mol. The Labute approximate surface area is 139 Å². The Morgan fingerprint density at radius 3 is 1.60 bits per heavy atom. The third-order valence-electron chi connectivity index (χ3n) is 2.02. The van der Waals surface area contributed by atoms with Crippen LogP contribution in [0.3, 0.4) is 0 Å². The van der Waals surface area contributed by atoms with Gasteiger partial charge >= 0.3 is 6.61 Å². The lowest BCUT2D eigenvalue weighted by Crippen LogP contribution is -2.02. The van der Waals surface area contributed by atoms with E-state index in [1.165, 1.54) is 0 Å². The first kappa shape index (κ1) is 26.5. The summed E-state index contributed by atoms with van der Waals surface area (Å²) in [5.41, 5.74) is 0. The lowest BCUT2D eigenvalue weighted by Gasteiger charge is -1.96. The van der Waals surface area contributed by atoms with Crippen molar-refractivity contribution in [3.05, 3.63) is 0 Å². The van der Waals surface area contributed by atoms with E-state index in [2.05, 4.69) is 9.68 Å². The summed E-state index contributed by atoms with van der Waals surface area (Å²) in [5, 5.41) is 0. The third-order valence-corrected chi connectivity index (χ3v) is 2.02. The van der Waals surface area contributed by atoms with Crippen molar-refractivity contribution in [2.24, 2.45) is 0 Å². The van der Waals surface area contributed by atoms with Gasteiger partial charge in [0.25, 0.3) is 0 Å². The van der Waals surface area contributed by atoms with Gasteiger partial charge in [0.2, 0.25) is 6.86 Å². The molecule has 0 aromatic carbocycles. The second-order valence-corrected chi connectivity index (χ2v) is 4.08. The average molecular weight is 394 g/mol. The third kappa shape index (κ3) is 31.5. The van der Waals surface area contributed by atoms with E-state index < -0.39 is 20.3 Å². The minimum absolute atomic E-state index is 0.191. The van der Waals surface area contributed by atoms with Crippen LogP contribution in [-0.4, -0.2) is 72.2 Å². The van der Waals surface area contributed by atoms with E-state index >= 15 is 0 Å². The number of epoxide rings is 2. The van der Waals surface area contributed by atoms with Crippen molar-refractivity contribution in [1.82, 2.24) is 0 Å². The molecule has 2 unspecified atom stereocenters. The van der Waals surface area contributed by atoms with E-state index in [9.17, 15) is 31.0 Å². The minimum atomic E-state index is -3.28.